The number of rotatable bonds is 8. The quantitative estimate of drug-likeness (QED) is 0.541. The van der Waals surface area contributed by atoms with Gasteiger partial charge in [0.25, 0.3) is 10.1 Å². The standard InChI is InChI=1S/C13H20O5S/c1-16-12-8-7-11(13(10-12)17-2)6-4-5-9-18-19(3,14)15/h7-8,10H,4-6,9H2,1-3H3. The van der Waals surface area contributed by atoms with E-state index in [1.807, 2.05) is 18.2 Å². The first-order valence-electron chi connectivity index (χ1n) is 6.01. The van der Waals surface area contributed by atoms with Crippen molar-refractivity contribution in [2.24, 2.45) is 0 Å². The number of benzene rings is 1. The molecule has 6 heteroatoms. The molecular weight excluding hydrogens is 268 g/mol. The topological polar surface area (TPSA) is 61.8 Å². The molecule has 0 saturated carbocycles. The Kier molecular flexibility index (Phi) is 6.11. The zero-order valence-electron chi connectivity index (χ0n) is 11.5. The Balaban J connectivity index is 2.45. The van der Waals surface area contributed by atoms with Crippen LogP contribution in [-0.2, 0) is 20.7 Å². The lowest BCUT2D eigenvalue weighted by molar-refractivity contribution is 0.311. The van der Waals surface area contributed by atoms with Gasteiger partial charge in [0.2, 0.25) is 0 Å². The van der Waals surface area contributed by atoms with Crippen LogP contribution in [-0.4, -0.2) is 35.5 Å². The third-order valence-electron chi connectivity index (χ3n) is 2.63. The fraction of sp³-hybridized carbons (Fsp3) is 0.538. The molecule has 0 unspecified atom stereocenters. The molecule has 1 aromatic rings. The van der Waals surface area contributed by atoms with Gasteiger partial charge in [0.1, 0.15) is 11.5 Å². The number of methoxy groups -OCH3 is 2. The van der Waals surface area contributed by atoms with Gasteiger partial charge < -0.3 is 9.47 Å². The van der Waals surface area contributed by atoms with Crippen molar-refractivity contribution in [2.45, 2.75) is 19.3 Å². The Hall–Kier alpha value is -1.27. The van der Waals surface area contributed by atoms with Crippen molar-refractivity contribution in [3.63, 3.8) is 0 Å². The Morgan fingerprint density at radius 1 is 1.11 bits per heavy atom. The summed E-state index contributed by atoms with van der Waals surface area (Å²) in [6.07, 6.45) is 3.38. The van der Waals surface area contributed by atoms with Crippen LogP contribution in [0.3, 0.4) is 0 Å². The average molecular weight is 288 g/mol. The van der Waals surface area contributed by atoms with E-state index in [1.54, 1.807) is 14.2 Å². The van der Waals surface area contributed by atoms with Gasteiger partial charge in [-0.3, -0.25) is 4.18 Å². The minimum atomic E-state index is -3.33. The van der Waals surface area contributed by atoms with E-state index in [0.29, 0.717) is 6.42 Å². The highest BCUT2D eigenvalue weighted by Gasteiger charge is 2.05. The summed E-state index contributed by atoms with van der Waals surface area (Å²) in [5, 5.41) is 0. The highest BCUT2D eigenvalue weighted by atomic mass is 32.2. The van der Waals surface area contributed by atoms with E-state index >= 15 is 0 Å². The fourth-order valence-electron chi connectivity index (χ4n) is 1.69. The summed E-state index contributed by atoms with van der Waals surface area (Å²) >= 11 is 0. The molecule has 0 saturated heterocycles. The summed E-state index contributed by atoms with van der Waals surface area (Å²) < 4.78 is 36.7. The van der Waals surface area contributed by atoms with Gasteiger partial charge in [-0.1, -0.05) is 6.07 Å². The summed E-state index contributed by atoms with van der Waals surface area (Å²) in [5.74, 6) is 1.53. The van der Waals surface area contributed by atoms with E-state index < -0.39 is 10.1 Å². The Labute approximate surface area is 114 Å². The number of aryl methyl sites for hydroxylation is 1. The second kappa shape index (κ2) is 7.35. The lowest BCUT2D eigenvalue weighted by atomic mass is 10.1. The number of hydrogen-bond acceptors (Lipinski definition) is 5. The maximum atomic E-state index is 10.8. The minimum absolute atomic E-state index is 0.220. The van der Waals surface area contributed by atoms with Gasteiger partial charge >= 0.3 is 0 Å². The van der Waals surface area contributed by atoms with Crippen molar-refractivity contribution >= 4 is 10.1 Å². The summed E-state index contributed by atoms with van der Waals surface area (Å²) in [6.45, 7) is 0.220. The first-order chi connectivity index (χ1) is 8.96. The molecule has 0 heterocycles. The lowest BCUT2D eigenvalue weighted by Crippen LogP contribution is -2.04. The zero-order chi connectivity index (χ0) is 14.3. The van der Waals surface area contributed by atoms with E-state index in [1.165, 1.54) is 0 Å². The van der Waals surface area contributed by atoms with Crippen molar-refractivity contribution in [3.8, 4) is 11.5 Å². The Morgan fingerprint density at radius 2 is 1.84 bits per heavy atom. The first-order valence-corrected chi connectivity index (χ1v) is 7.83. The molecule has 5 nitrogen and oxygen atoms in total. The average Bonchev–Trinajstić information content (AvgIpc) is 2.37. The first kappa shape index (κ1) is 15.8. The maximum absolute atomic E-state index is 10.8. The molecule has 0 bridgehead atoms. The molecule has 0 fully saturated rings. The van der Waals surface area contributed by atoms with Crippen LogP contribution >= 0.6 is 0 Å². The van der Waals surface area contributed by atoms with Crippen molar-refractivity contribution in [1.29, 1.82) is 0 Å². The molecule has 0 aromatic heterocycles. The van der Waals surface area contributed by atoms with Crippen LogP contribution in [0.4, 0.5) is 0 Å². The largest absolute Gasteiger partial charge is 0.497 e. The molecule has 0 aliphatic heterocycles. The van der Waals surface area contributed by atoms with Crippen molar-refractivity contribution in [2.75, 3.05) is 27.1 Å². The van der Waals surface area contributed by atoms with Crippen LogP contribution in [0.25, 0.3) is 0 Å². The molecule has 1 rings (SSSR count). The second-order valence-corrected chi connectivity index (χ2v) is 5.80. The predicted octanol–water partition coefficient (Wildman–Crippen LogP) is 2.00. The van der Waals surface area contributed by atoms with Crippen molar-refractivity contribution < 1.29 is 22.1 Å². The summed E-state index contributed by atoms with van der Waals surface area (Å²) in [4.78, 5) is 0. The molecule has 1 aromatic carbocycles. The summed E-state index contributed by atoms with van der Waals surface area (Å²) in [6, 6.07) is 5.67. The highest BCUT2D eigenvalue weighted by Crippen LogP contribution is 2.25. The highest BCUT2D eigenvalue weighted by molar-refractivity contribution is 7.85. The zero-order valence-corrected chi connectivity index (χ0v) is 12.3. The Bertz CT molecular complexity index is 496. The minimum Gasteiger partial charge on any atom is -0.497 e. The lowest BCUT2D eigenvalue weighted by Gasteiger charge is -2.10. The Morgan fingerprint density at radius 3 is 2.42 bits per heavy atom. The van der Waals surface area contributed by atoms with E-state index in [-0.39, 0.29) is 6.61 Å². The van der Waals surface area contributed by atoms with Crippen molar-refractivity contribution in [1.82, 2.24) is 0 Å². The van der Waals surface area contributed by atoms with E-state index in [9.17, 15) is 8.42 Å². The van der Waals surface area contributed by atoms with E-state index in [0.717, 1.165) is 36.2 Å². The molecule has 0 N–H and O–H groups in total. The smallest absolute Gasteiger partial charge is 0.264 e. The van der Waals surface area contributed by atoms with E-state index in [2.05, 4.69) is 4.18 Å². The molecule has 0 radical (unpaired) electrons. The van der Waals surface area contributed by atoms with Crippen LogP contribution in [0, 0.1) is 0 Å². The van der Waals surface area contributed by atoms with Gasteiger partial charge in [-0.15, -0.1) is 0 Å². The van der Waals surface area contributed by atoms with Crippen molar-refractivity contribution in [3.05, 3.63) is 23.8 Å². The molecular formula is C13H20O5S. The second-order valence-electron chi connectivity index (χ2n) is 4.16. The number of ether oxygens (including phenoxy) is 2. The van der Waals surface area contributed by atoms with E-state index in [4.69, 9.17) is 9.47 Å². The number of unbranched alkanes of at least 4 members (excludes halogenated alkanes) is 1. The third-order valence-corrected chi connectivity index (χ3v) is 3.23. The normalized spacial score (nSPS) is 11.3. The molecule has 0 amide bonds. The van der Waals surface area contributed by atoms with Crippen LogP contribution in [0.1, 0.15) is 18.4 Å². The SMILES string of the molecule is COc1ccc(CCCCOS(C)(=O)=O)c(OC)c1. The van der Waals surface area contributed by atoms with Crippen LogP contribution in [0.2, 0.25) is 0 Å². The third kappa shape index (κ3) is 5.94. The summed E-state index contributed by atoms with van der Waals surface area (Å²) in [7, 11) is -0.108. The molecule has 0 aliphatic carbocycles. The van der Waals surface area contributed by atoms with Gasteiger partial charge in [-0.05, 0) is 30.9 Å². The molecule has 19 heavy (non-hydrogen) atoms. The number of hydrogen-bond donors (Lipinski definition) is 0. The van der Waals surface area contributed by atoms with Gasteiger partial charge in [-0.2, -0.15) is 8.42 Å². The predicted molar refractivity (Wildman–Crippen MR) is 73.3 cm³/mol. The van der Waals surface area contributed by atoms with Gasteiger partial charge in [0.15, 0.2) is 0 Å². The monoisotopic (exact) mass is 288 g/mol. The fourth-order valence-corrected chi connectivity index (χ4v) is 2.11. The molecule has 0 atom stereocenters. The van der Waals surface area contributed by atoms with Crippen LogP contribution in [0.5, 0.6) is 11.5 Å². The van der Waals surface area contributed by atoms with Gasteiger partial charge in [-0.25, -0.2) is 0 Å². The maximum Gasteiger partial charge on any atom is 0.264 e. The molecule has 0 spiro atoms. The molecule has 108 valence electrons. The van der Waals surface area contributed by atoms with Gasteiger partial charge in [0, 0.05) is 6.07 Å². The van der Waals surface area contributed by atoms with Gasteiger partial charge in [0.05, 0.1) is 27.1 Å². The van der Waals surface area contributed by atoms with Crippen LogP contribution in [0.15, 0.2) is 18.2 Å². The van der Waals surface area contributed by atoms with Crippen LogP contribution < -0.4 is 9.47 Å². The molecule has 0 aliphatic rings. The summed E-state index contributed by atoms with van der Waals surface area (Å²) in [5.41, 5.74) is 1.07.